The maximum Gasteiger partial charge on any atom is 0.118 e. The zero-order valence-electron chi connectivity index (χ0n) is 10.9. The third kappa shape index (κ3) is 3.04. The Morgan fingerprint density at radius 1 is 0.889 bits per heavy atom. The van der Waals surface area contributed by atoms with E-state index >= 15 is 0 Å². The molecule has 0 amide bonds. The minimum absolute atomic E-state index is 0.889. The summed E-state index contributed by atoms with van der Waals surface area (Å²) in [5.74, 6) is 0.889. The molecule has 0 heterocycles. The minimum atomic E-state index is 0.889. The molecule has 1 N–H and O–H groups in total. The van der Waals surface area contributed by atoms with Gasteiger partial charge in [0.25, 0.3) is 0 Å². The van der Waals surface area contributed by atoms with Crippen LogP contribution in [0.2, 0.25) is 0 Å². The molecule has 0 spiro atoms. The summed E-state index contributed by atoms with van der Waals surface area (Å²) in [6.07, 6.45) is 1.14. The van der Waals surface area contributed by atoms with Gasteiger partial charge in [-0.2, -0.15) is 0 Å². The summed E-state index contributed by atoms with van der Waals surface area (Å²) in [6, 6.07) is 16.6. The van der Waals surface area contributed by atoms with E-state index in [1.807, 2.05) is 12.1 Å². The third-order valence-corrected chi connectivity index (χ3v) is 2.89. The number of hydrogen-bond donors (Lipinski definition) is 1. The molecule has 0 aromatic heterocycles. The van der Waals surface area contributed by atoms with Gasteiger partial charge in [-0.1, -0.05) is 31.2 Å². The molecule has 0 radical (unpaired) electrons. The Hall–Kier alpha value is -1.96. The summed E-state index contributed by atoms with van der Waals surface area (Å²) in [5, 5.41) is 3.37. The lowest BCUT2D eigenvalue weighted by molar-refractivity contribution is 0.415. The molecule has 0 aliphatic rings. The first-order valence-electron chi connectivity index (χ1n) is 6.32. The van der Waals surface area contributed by atoms with Crippen LogP contribution in [0.5, 0.6) is 5.75 Å². The predicted molar refractivity (Wildman–Crippen MR) is 77.2 cm³/mol. The molecule has 0 atom stereocenters. The van der Waals surface area contributed by atoms with Gasteiger partial charge in [0.15, 0.2) is 0 Å². The number of anilines is 1. The number of rotatable bonds is 5. The first-order chi connectivity index (χ1) is 8.83. The molecule has 0 aliphatic heterocycles. The lowest BCUT2D eigenvalue weighted by atomic mass is 10.1. The summed E-state index contributed by atoms with van der Waals surface area (Å²) >= 11 is 0. The van der Waals surface area contributed by atoms with Crippen molar-refractivity contribution in [1.82, 2.24) is 0 Å². The SMILES string of the molecule is CCCNc1ccc(-c2ccc(OC)cc2)cc1. The Balaban J connectivity index is 2.12. The van der Waals surface area contributed by atoms with Gasteiger partial charge in [0, 0.05) is 12.2 Å². The van der Waals surface area contributed by atoms with Crippen LogP contribution < -0.4 is 10.1 Å². The van der Waals surface area contributed by atoms with Crippen molar-refractivity contribution in [2.75, 3.05) is 19.0 Å². The Labute approximate surface area is 109 Å². The maximum absolute atomic E-state index is 5.16. The molecule has 2 heteroatoms. The highest BCUT2D eigenvalue weighted by atomic mass is 16.5. The van der Waals surface area contributed by atoms with Gasteiger partial charge in [0.1, 0.15) is 5.75 Å². The van der Waals surface area contributed by atoms with Gasteiger partial charge in [0.05, 0.1) is 7.11 Å². The molecule has 0 aliphatic carbocycles. The van der Waals surface area contributed by atoms with Gasteiger partial charge in [-0.15, -0.1) is 0 Å². The van der Waals surface area contributed by atoms with Gasteiger partial charge in [0.2, 0.25) is 0 Å². The monoisotopic (exact) mass is 241 g/mol. The number of ether oxygens (including phenoxy) is 1. The molecule has 0 saturated heterocycles. The van der Waals surface area contributed by atoms with Crippen LogP contribution in [0.15, 0.2) is 48.5 Å². The van der Waals surface area contributed by atoms with Crippen LogP contribution in [0.25, 0.3) is 11.1 Å². The fraction of sp³-hybridized carbons (Fsp3) is 0.250. The largest absolute Gasteiger partial charge is 0.497 e. The van der Waals surface area contributed by atoms with Crippen molar-refractivity contribution in [1.29, 1.82) is 0 Å². The standard InChI is InChI=1S/C16H19NO/c1-3-12-17-15-8-4-13(5-9-15)14-6-10-16(18-2)11-7-14/h4-11,17H,3,12H2,1-2H3. The second-order valence-corrected chi connectivity index (χ2v) is 4.23. The van der Waals surface area contributed by atoms with E-state index in [1.165, 1.54) is 16.8 Å². The molecule has 94 valence electrons. The van der Waals surface area contributed by atoms with Crippen LogP contribution in [0, 0.1) is 0 Å². The topological polar surface area (TPSA) is 21.3 Å². The van der Waals surface area contributed by atoms with E-state index in [9.17, 15) is 0 Å². The summed E-state index contributed by atoms with van der Waals surface area (Å²) in [7, 11) is 1.68. The zero-order valence-corrected chi connectivity index (χ0v) is 10.9. The molecule has 0 saturated carbocycles. The van der Waals surface area contributed by atoms with Crippen molar-refractivity contribution in [2.24, 2.45) is 0 Å². The van der Waals surface area contributed by atoms with E-state index in [0.717, 1.165) is 18.7 Å². The number of methoxy groups -OCH3 is 1. The third-order valence-electron chi connectivity index (χ3n) is 2.89. The highest BCUT2D eigenvalue weighted by Gasteiger charge is 1.98. The van der Waals surface area contributed by atoms with Crippen LogP contribution in [0.1, 0.15) is 13.3 Å². The van der Waals surface area contributed by atoms with Crippen molar-refractivity contribution < 1.29 is 4.74 Å². The number of hydrogen-bond acceptors (Lipinski definition) is 2. The predicted octanol–water partition coefficient (Wildman–Crippen LogP) is 4.18. The average molecular weight is 241 g/mol. The second kappa shape index (κ2) is 6.10. The molecule has 2 aromatic rings. The van der Waals surface area contributed by atoms with Crippen molar-refractivity contribution >= 4 is 5.69 Å². The normalized spacial score (nSPS) is 10.1. The van der Waals surface area contributed by atoms with Crippen LogP contribution in [0.3, 0.4) is 0 Å². The number of benzene rings is 2. The summed E-state index contributed by atoms with van der Waals surface area (Å²) in [4.78, 5) is 0. The van der Waals surface area contributed by atoms with Crippen LogP contribution in [-0.4, -0.2) is 13.7 Å². The summed E-state index contributed by atoms with van der Waals surface area (Å²) in [6.45, 7) is 3.18. The maximum atomic E-state index is 5.16. The molecule has 18 heavy (non-hydrogen) atoms. The zero-order chi connectivity index (χ0) is 12.8. The van der Waals surface area contributed by atoms with Crippen LogP contribution in [-0.2, 0) is 0 Å². The Morgan fingerprint density at radius 2 is 1.44 bits per heavy atom. The fourth-order valence-corrected chi connectivity index (χ4v) is 1.83. The van der Waals surface area contributed by atoms with Gasteiger partial charge in [-0.05, 0) is 41.8 Å². The quantitative estimate of drug-likeness (QED) is 0.847. The van der Waals surface area contributed by atoms with E-state index in [2.05, 4.69) is 48.6 Å². The smallest absolute Gasteiger partial charge is 0.118 e. The molecule has 2 nitrogen and oxygen atoms in total. The van der Waals surface area contributed by atoms with Gasteiger partial charge >= 0.3 is 0 Å². The first kappa shape index (κ1) is 12.5. The van der Waals surface area contributed by atoms with Crippen molar-refractivity contribution in [3.05, 3.63) is 48.5 Å². The van der Waals surface area contributed by atoms with Gasteiger partial charge in [-0.25, -0.2) is 0 Å². The van der Waals surface area contributed by atoms with Crippen molar-refractivity contribution in [3.63, 3.8) is 0 Å². The molecule has 2 aromatic carbocycles. The molecular formula is C16H19NO. The average Bonchev–Trinajstić information content (AvgIpc) is 2.46. The van der Waals surface area contributed by atoms with Crippen molar-refractivity contribution in [2.45, 2.75) is 13.3 Å². The first-order valence-corrected chi connectivity index (χ1v) is 6.32. The van der Waals surface area contributed by atoms with E-state index in [0.29, 0.717) is 0 Å². The molecular weight excluding hydrogens is 222 g/mol. The minimum Gasteiger partial charge on any atom is -0.497 e. The van der Waals surface area contributed by atoms with Gasteiger partial charge in [-0.3, -0.25) is 0 Å². The highest BCUT2D eigenvalue weighted by molar-refractivity contribution is 5.66. The second-order valence-electron chi connectivity index (χ2n) is 4.23. The fourth-order valence-electron chi connectivity index (χ4n) is 1.83. The molecule has 0 fully saturated rings. The van der Waals surface area contributed by atoms with E-state index in [4.69, 9.17) is 4.74 Å². The molecule has 0 bridgehead atoms. The molecule has 2 rings (SSSR count). The Bertz CT molecular complexity index is 473. The van der Waals surface area contributed by atoms with E-state index < -0.39 is 0 Å². The highest BCUT2D eigenvalue weighted by Crippen LogP contribution is 2.23. The van der Waals surface area contributed by atoms with E-state index in [1.54, 1.807) is 7.11 Å². The van der Waals surface area contributed by atoms with Crippen LogP contribution >= 0.6 is 0 Å². The van der Waals surface area contributed by atoms with Crippen molar-refractivity contribution in [3.8, 4) is 16.9 Å². The van der Waals surface area contributed by atoms with Crippen LogP contribution in [0.4, 0.5) is 5.69 Å². The Kier molecular flexibility index (Phi) is 4.24. The summed E-state index contributed by atoms with van der Waals surface area (Å²) < 4.78 is 5.16. The summed E-state index contributed by atoms with van der Waals surface area (Å²) in [5.41, 5.74) is 3.60. The molecule has 0 unspecified atom stereocenters. The number of nitrogens with one attached hydrogen (secondary N) is 1. The lowest BCUT2D eigenvalue weighted by Crippen LogP contribution is -1.98. The Morgan fingerprint density at radius 3 is 1.94 bits per heavy atom. The lowest BCUT2D eigenvalue weighted by Gasteiger charge is -2.07. The van der Waals surface area contributed by atoms with E-state index in [-0.39, 0.29) is 0 Å². The van der Waals surface area contributed by atoms with Gasteiger partial charge < -0.3 is 10.1 Å².